The molecule has 0 aromatic heterocycles. The second kappa shape index (κ2) is 8.85. The van der Waals surface area contributed by atoms with Crippen molar-refractivity contribution in [1.82, 2.24) is 9.80 Å². The Morgan fingerprint density at radius 3 is 2.56 bits per heavy atom. The molecule has 138 valence electrons. The van der Waals surface area contributed by atoms with Gasteiger partial charge < -0.3 is 14.7 Å². The molecule has 1 saturated heterocycles. The molecule has 0 atom stereocenters. The predicted octanol–water partition coefficient (Wildman–Crippen LogP) is 1.94. The number of likely N-dealkylation sites (N-methyl/N-ethyl adjacent to an activating group) is 1. The average Bonchev–Trinajstić information content (AvgIpc) is 2.61. The lowest BCUT2D eigenvalue weighted by molar-refractivity contribution is -0.140. The maximum Gasteiger partial charge on any atom is 0.317 e. The van der Waals surface area contributed by atoms with Crippen molar-refractivity contribution in [3.8, 4) is 5.75 Å². The largest absolute Gasteiger partial charge is 0.496 e. The Kier molecular flexibility index (Phi) is 6.82. The number of rotatable bonds is 7. The van der Waals surface area contributed by atoms with Gasteiger partial charge in [0.2, 0.25) is 5.91 Å². The fourth-order valence-corrected chi connectivity index (χ4v) is 3.41. The Morgan fingerprint density at radius 2 is 2.00 bits per heavy atom. The number of aliphatic carboxylic acids is 1. The molecule has 1 amide bonds. The minimum absolute atomic E-state index is 0.0677. The summed E-state index contributed by atoms with van der Waals surface area (Å²) in [5.74, 6) is 0.121. The van der Waals surface area contributed by atoms with Crippen molar-refractivity contribution in [3.63, 3.8) is 0 Å². The van der Waals surface area contributed by atoms with Gasteiger partial charge in [-0.15, -0.1) is 0 Å². The number of nitrogens with zero attached hydrogens (tertiary/aromatic N) is 2. The second-order valence-corrected chi connectivity index (χ2v) is 6.55. The summed E-state index contributed by atoms with van der Waals surface area (Å²) in [6.07, 6.45) is 2.02. The second-order valence-electron chi connectivity index (χ2n) is 6.55. The predicted molar refractivity (Wildman–Crippen MR) is 95.9 cm³/mol. The van der Waals surface area contributed by atoms with E-state index in [-0.39, 0.29) is 18.5 Å². The Balaban J connectivity index is 1.89. The molecule has 1 aliphatic rings. The zero-order valence-electron chi connectivity index (χ0n) is 15.3. The first kappa shape index (κ1) is 19.2. The molecule has 0 bridgehead atoms. The van der Waals surface area contributed by atoms with E-state index in [1.807, 2.05) is 41.8 Å². The standard InChI is InChI=1S/C19H28N2O4/c1-4-20(13-19(23)24)16-7-9-21(10-8-16)18(22)12-15-6-5-14(2)17(11-15)25-3/h5-6,11,16H,4,7-10,12-13H2,1-3H3,(H,23,24). The minimum Gasteiger partial charge on any atom is -0.496 e. The molecule has 1 aromatic rings. The molecule has 1 aromatic carbocycles. The highest BCUT2D eigenvalue weighted by Crippen LogP contribution is 2.21. The van der Waals surface area contributed by atoms with E-state index in [1.165, 1.54) is 0 Å². The van der Waals surface area contributed by atoms with Crippen LogP contribution in [0.15, 0.2) is 18.2 Å². The van der Waals surface area contributed by atoms with Crippen molar-refractivity contribution in [1.29, 1.82) is 0 Å². The van der Waals surface area contributed by atoms with E-state index in [9.17, 15) is 9.59 Å². The van der Waals surface area contributed by atoms with Gasteiger partial charge in [-0.05, 0) is 43.5 Å². The zero-order chi connectivity index (χ0) is 18.4. The Morgan fingerprint density at radius 1 is 1.32 bits per heavy atom. The van der Waals surface area contributed by atoms with Crippen molar-refractivity contribution in [2.75, 3.05) is 33.3 Å². The zero-order valence-corrected chi connectivity index (χ0v) is 15.3. The van der Waals surface area contributed by atoms with Gasteiger partial charge in [0.05, 0.1) is 20.1 Å². The summed E-state index contributed by atoms with van der Waals surface area (Å²) >= 11 is 0. The topological polar surface area (TPSA) is 70.1 Å². The molecule has 0 aliphatic carbocycles. The molecule has 1 N–H and O–H groups in total. The molecule has 6 heteroatoms. The van der Waals surface area contributed by atoms with Gasteiger partial charge in [0.25, 0.3) is 0 Å². The molecule has 0 radical (unpaired) electrons. The van der Waals surface area contributed by atoms with Gasteiger partial charge in [0.1, 0.15) is 5.75 Å². The number of amides is 1. The normalized spacial score (nSPS) is 15.4. The number of ether oxygens (including phenoxy) is 1. The molecule has 1 heterocycles. The molecule has 0 saturated carbocycles. The van der Waals surface area contributed by atoms with E-state index >= 15 is 0 Å². The molecule has 0 spiro atoms. The van der Waals surface area contributed by atoms with Crippen molar-refractivity contribution >= 4 is 11.9 Å². The number of methoxy groups -OCH3 is 1. The van der Waals surface area contributed by atoms with Crippen LogP contribution >= 0.6 is 0 Å². The molecular formula is C19H28N2O4. The van der Waals surface area contributed by atoms with Gasteiger partial charge in [-0.1, -0.05) is 19.1 Å². The summed E-state index contributed by atoms with van der Waals surface area (Å²) in [6, 6.07) is 6.10. The number of piperidine rings is 1. The monoisotopic (exact) mass is 348 g/mol. The van der Waals surface area contributed by atoms with Crippen molar-refractivity contribution in [2.45, 2.75) is 39.2 Å². The summed E-state index contributed by atoms with van der Waals surface area (Å²) in [5.41, 5.74) is 2.01. The Hall–Kier alpha value is -2.08. The first-order valence-corrected chi connectivity index (χ1v) is 8.81. The first-order chi connectivity index (χ1) is 11.9. The van der Waals surface area contributed by atoms with Crippen LogP contribution < -0.4 is 4.74 Å². The van der Waals surface area contributed by atoms with E-state index < -0.39 is 5.97 Å². The number of carbonyl (C=O) groups excluding carboxylic acids is 1. The number of aryl methyl sites for hydroxylation is 1. The lowest BCUT2D eigenvalue weighted by Gasteiger charge is -2.37. The highest BCUT2D eigenvalue weighted by atomic mass is 16.5. The maximum atomic E-state index is 12.6. The van der Waals surface area contributed by atoms with E-state index in [2.05, 4.69) is 0 Å². The summed E-state index contributed by atoms with van der Waals surface area (Å²) in [4.78, 5) is 27.4. The minimum atomic E-state index is -0.798. The molecule has 1 fully saturated rings. The van der Waals surface area contributed by atoms with Gasteiger partial charge in [-0.25, -0.2) is 0 Å². The van der Waals surface area contributed by atoms with Crippen LogP contribution in [0.4, 0.5) is 0 Å². The highest BCUT2D eigenvalue weighted by Gasteiger charge is 2.27. The lowest BCUT2D eigenvalue weighted by Crippen LogP contribution is -2.48. The first-order valence-electron chi connectivity index (χ1n) is 8.81. The molecule has 25 heavy (non-hydrogen) atoms. The van der Waals surface area contributed by atoms with E-state index in [1.54, 1.807) is 7.11 Å². The number of likely N-dealkylation sites (tertiary alicyclic amines) is 1. The van der Waals surface area contributed by atoms with Gasteiger partial charge in [0.15, 0.2) is 0 Å². The number of benzene rings is 1. The smallest absolute Gasteiger partial charge is 0.317 e. The van der Waals surface area contributed by atoms with E-state index in [0.717, 1.165) is 29.7 Å². The van der Waals surface area contributed by atoms with Crippen LogP contribution in [0.2, 0.25) is 0 Å². The van der Waals surface area contributed by atoms with Crippen molar-refractivity contribution in [2.24, 2.45) is 0 Å². The fourth-order valence-electron chi connectivity index (χ4n) is 3.41. The molecule has 6 nitrogen and oxygen atoms in total. The summed E-state index contributed by atoms with van der Waals surface area (Å²) in [7, 11) is 1.63. The highest BCUT2D eigenvalue weighted by molar-refractivity contribution is 5.79. The summed E-state index contributed by atoms with van der Waals surface area (Å²) < 4.78 is 5.32. The van der Waals surface area contributed by atoms with Crippen LogP contribution in [0.1, 0.15) is 30.9 Å². The van der Waals surface area contributed by atoms with Crippen LogP contribution in [0, 0.1) is 6.92 Å². The Bertz CT molecular complexity index is 609. The van der Waals surface area contributed by atoms with Crippen LogP contribution in [0.25, 0.3) is 0 Å². The van der Waals surface area contributed by atoms with Crippen LogP contribution in [0.5, 0.6) is 5.75 Å². The molecule has 2 rings (SSSR count). The number of carboxylic acid groups (broad SMARTS) is 1. The third-order valence-corrected chi connectivity index (χ3v) is 4.91. The van der Waals surface area contributed by atoms with Crippen molar-refractivity contribution in [3.05, 3.63) is 29.3 Å². The maximum absolute atomic E-state index is 12.6. The van der Waals surface area contributed by atoms with Crippen LogP contribution in [0.3, 0.4) is 0 Å². The number of carboxylic acids is 1. The average molecular weight is 348 g/mol. The van der Waals surface area contributed by atoms with E-state index in [0.29, 0.717) is 26.1 Å². The SMILES string of the molecule is CCN(CC(=O)O)C1CCN(C(=O)Cc2ccc(C)c(OC)c2)CC1. The molecule has 0 unspecified atom stereocenters. The van der Waals surface area contributed by atoms with Crippen molar-refractivity contribution < 1.29 is 19.4 Å². The Labute approximate surface area is 149 Å². The van der Waals surface area contributed by atoms with Crippen LogP contribution in [-0.4, -0.2) is 66.1 Å². The molecular weight excluding hydrogens is 320 g/mol. The van der Waals surface area contributed by atoms with Crippen LogP contribution in [-0.2, 0) is 16.0 Å². The fraction of sp³-hybridized carbons (Fsp3) is 0.579. The summed E-state index contributed by atoms with van der Waals surface area (Å²) in [6.45, 7) is 6.11. The number of hydrogen-bond donors (Lipinski definition) is 1. The van der Waals surface area contributed by atoms with E-state index in [4.69, 9.17) is 9.84 Å². The molecule has 1 aliphatic heterocycles. The third kappa shape index (κ3) is 5.19. The third-order valence-electron chi connectivity index (χ3n) is 4.91. The number of carbonyl (C=O) groups is 2. The van der Waals surface area contributed by atoms with Gasteiger partial charge >= 0.3 is 5.97 Å². The quantitative estimate of drug-likeness (QED) is 0.815. The van der Waals surface area contributed by atoms with Gasteiger partial charge in [-0.2, -0.15) is 0 Å². The number of hydrogen-bond acceptors (Lipinski definition) is 4. The van der Waals surface area contributed by atoms with Gasteiger partial charge in [0, 0.05) is 19.1 Å². The summed E-state index contributed by atoms with van der Waals surface area (Å²) in [5, 5.41) is 9.00. The van der Waals surface area contributed by atoms with Gasteiger partial charge in [-0.3, -0.25) is 14.5 Å². The lowest BCUT2D eigenvalue weighted by atomic mass is 10.0.